The van der Waals surface area contributed by atoms with Gasteiger partial charge >= 0.3 is 0 Å². The maximum atomic E-state index is 6.18. The molecule has 0 aromatic heterocycles. The Hall–Kier alpha value is -1.06. The normalized spacial score (nSPS) is 17.7. The minimum absolute atomic E-state index is 0.287. The molecule has 0 radical (unpaired) electrons. The second-order valence-electron chi connectivity index (χ2n) is 5.09. The number of para-hydroxylation sites is 1. The predicted molar refractivity (Wildman–Crippen MR) is 74.7 cm³/mol. The largest absolute Gasteiger partial charge is 0.492 e. The van der Waals surface area contributed by atoms with Gasteiger partial charge in [0.1, 0.15) is 12.4 Å². The van der Waals surface area contributed by atoms with Crippen molar-refractivity contribution >= 4 is 0 Å². The standard InChI is InChI=1S/C15H24N2O/c1-2-3-7-14(16)12-17-9-10-18-15-8-5-4-6-13(15)11-17/h4-6,8,14H,2-3,7,9-12,16H2,1H3. The van der Waals surface area contributed by atoms with E-state index in [2.05, 4.69) is 30.0 Å². The molecule has 100 valence electrons. The van der Waals surface area contributed by atoms with E-state index >= 15 is 0 Å². The van der Waals surface area contributed by atoms with Gasteiger partial charge in [-0.2, -0.15) is 0 Å². The Morgan fingerprint density at radius 1 is 1.39 bits per heavy atom. The Labute approximate surface area is 110 Å². The summed E-state index contributed by atoms with van der Waals surface area (Å²) >= 11 is 0. The zero-order valence-electron chi connectivity index (χ0n) is 11.3. The van der Waals surface area contributed by atoms with Crippen LogP contribution in [0.4, 0.5) is 0 Å². The quantitative estimate of drug-likeness (QED) is 0.869. The Balaban J connectivity index is 1.91. The highest BCUT2D eigenvalue weighted by atomic mass is 16.5. The summed E-state index contributed by atoms with van der Waals surface area (Å²) in [5.41, 5.74) is 7.45. The van der Waals surface area contributed by atoms with E-state index in [-0.39, 0.29) is 6.04 Å². The van der Waals surface area contributed by atoms with Crippen molar-refractivity contribution in [3.63, 3.8) is 0 Å². The second kappa shape index (κ2) is 6.76. The van der Waals surface area contributed by atoms with E-state index in [1.807, 2.05) is 6.07 Å². The van der Waals surface area contributed by atoms with Crippen LogP contribution in [0.15, 0.2) is 24.3 Å². The van der Waals surface area contributed by atoms with Crippen molar-refractivity contribution in [1.82, 2.24) is 4.90 Å². The monoisotopic (exact) mass is 248 g/mol. The van der Waals surface area contributed by atoms with Crippen LogP contribution in [-0.2, 0) is 6.54 Å². The third-order valence-electron chi connectivity index (χ3n) is 3.45. The molecule has 3 nitrogen and oxygen atoms in total. The summed E-state index contributed by atoms with van der Waals surface area (Å²) in [6.07, 6.45) is 3.57. The van der Waals surface area contributed by atoms with Crippen molar-refractivity contribution in [2.75, 3.05) is 19.7 Å². The molecule has 2 N–H and O–H groups in total. The lowest BCUT2D eigenvalue weighted by Crippen LogP contribution is -2.38. The number of hydrogen-bond donors (Lipinski definition) is 1. The molecule has 0 saturated carbocycles. The minimum atomic E-state index is 0.287. The fourth-order valence-corrected chi connectivity index (χ4v) is 2.43. The SMILES string of the molecule is CCCCC(N)CN1CCOc2ccccc2C1. The highest BCUT2D eigenvalue weighted by molar-refractivity contribution is 5.33. The van der Waals surface area contributed by atoms with Crippen LogP contribution in [0.3, 0.4) is 0 Å². The fraction of sp³-hybridized carbons (Fsp3) is 0.600. The maximum absolute atomic E-state index is 6.18. The molecule has 1 heterocycles. The molecular weight excluding hydrogens is 224 g/mol. The Morgan fingerprint density at radius 3 is 3.06 bits per heavy atom. The molecule has 0 aliphatic carbocycles. The van der Waals surface area contributed by atoms with Crippen molar-refractivity contribution in [3.05, 3.63) is 29.8 Å². The lowest BCUT2D eigenvalue weighted by atomic mass is 10.1. The summed E-state index contributed by atoms with van der Waals surface area (Å²) in [5.74, 6) is 1.03. The third-order valence-corrected chi connectivity index (χ3v) is 3.45. The smallest absolute Gasteiger partial charge is 0.123 e. The van der Waals surface area contributed by atoms with E-state index in [9.17, 15) is 0 Å². The molecule has 0 bridgehead atoms. The number of rotatable bonds is 5. The van der Waals surface area contributed by atoms with Gasteiger partial charge in [0.2, 0.25) is 0 Å². The van der Waals surface area contributed by atoms with Gasteiger partial charge in [0.05, 0.1) is 0 Å². The lowest BCUT2D eigenvalue weighted by molar-refractivity contribution is 0.212. The first-order valence-corrected chi connectivity index (χ1v) is 6.98. The lowest BCUT2D eigenvalue weighted by Gasteiger charge is -2.23. The van der Waals surface area contributed by atoms with Crippen LogP contribution in [0.5, 0.6) is 5.75 Å². The Bertz CT molecular complexity index is 367. The summed E-state index contributed by atoms with van der Waals surface area (Å²) < 4.78 is 5.76. The van der Waals surface area contributed by atoms with Crippen LogP contribution in [0.25, 0.3) is 0 Å². The van der Waals surface area contributed by atoms with E-state index in [0.29, 0.717) is 0 Å². The number of benzene rings is 1. The van der Waals surface area contributed by atoms with Gasteiger partial charge in [-0.1, -0.05) is 38.0 Å². The number of nitrogens with two attached hydrogens (primary N) is 1. The van der Waals surface area contributed by atoms with E-state index in [1.165, 1.54) is 18.4 Å². The molecule has 18 heavy (non-hydrogen) atoms. The van der Waals surface area contributed by atoms with E-state index in [1.54, 1.807) is 0 Å². The van der Waals surface area contributed by atoms with Gasteiger partial charge in [-0.15, -0.1) is 0 Å². The van der Waals surface area contributed by atoms with Crippen LogP contribution in [-0.4, -0.2) is 30.6 Å². The molecule has 1 aromatic rings. The van der Waals surface area contributed by atoms with Crippen LogP contribution < -0.4 is 10.5 Å². The number of nitrogens with zero attached hydrogens (tertiary/aromatic N) is 1. The van der Waals surface area contributed by atoms with E-state index in [0.717, 1.165) is 38.4 Å². The molecular formula is C15H24N2O. The molecule has 0 spiro atoms. The molecule has 1 aromatic carbocycles. The second-order valence-corrected chi connectivity index (χ2v) is 5.09. The van der Waals surface area contributed by atoms with Crippen molar-refractivity contribution < 1.29 is 4.74 Å². The molecule has 1 aliphatic rings. The Kier molecular flexibility index (Phi) is 5.02. The molecule has 3 heteroatoms. The number of unbranched alkanes of at least 4 members (excludes halogenated alkanes) is 1. The van der Waals surface area contributed by atoms with Crippen LogP contribution in [0.2, 0.25) is 0 Å². The number of hydrogen-bond acceptors (Lipinski definition) is 3. The van der Waals surface area contributed by atoms with Crippen LogP contribution >= 0.6 is 0 Å². The van der Waals surface area contributed by atoms with Gasteiger partial charge in [-0.25, -0.2) is 0 Å². The van der Waals surface area contributed by atoms with Gasteiger partial charge < -0.3 is 10.5 Å². The fourth-order valence-electron chi connectivity index (χ4n) is 2.43. The van der Waals surface area contributed by atoms with Gasteiger partial charge in [-0.05, 0) is 12.5 Å². The number of fused-ring (bicyclic) bond motifs is 1. The summed E-state index contributed by atoms with van der Waals surface area (Å²) in [6, 6.07) is 8.58. The first-order chi connectivity index (χ1) is 8.79. The highest BCUT2D eigenvalue weighted by Crippen LogP contribution is 2.22. The summed E-state index contributed by atoms with van der Waals surface area (Å²) in [7, 11) is 0. The molecule has 0 saturated heterocycles. The predicted octanol–water partition coefficient (Wildman–Crippen LogP) is 2.40. The minimum Gasteiger partial charge on any atom is -0.492 e. The molecule has 0 amide bonds. The van der Waals surface area contributed by atoms with Gasteiger partial charge in [0, 0.05) is 31.2 Å². The zero-order chi connectivity index (χ0) is 12.8. The van der Waals surface area contributed by atoms with Crippen LogP contribution in [0.1, 0.15) is 31.7 Å². The van der Waals surface area contributed by atoms with E-state index < -0.39 is 0 Å². The summed E-state index contributed by atoms with van der Waals surface area (Å²) in [4.78, 5) is 2.41. The maximum Gasteiger partial charge on any atom is 0.123 e. The Morgan fingerprint density at radius 2 is 2.22 bits per heavy atom. The van der Waals surface area contributed by atoms with Crippen molar-refractivity contribution in [2.45, 2.75) is 38.8 Å². The van der Waals surface area contributed by atoms with Crippen molar-refractivity contribution in [1.29, 1.82) is 0 Å². The summed E-state index contributed by atoms with van der Waals surface area (Å²) in [5, 5.41) is 0. The van der Waals surface area contributed by atoms with Crippen LogP contribution in [0, 0.1) is 0 Å². The molecule has 1 unspecified atom stereocenters. The molecule has 2 rings (SSSR count). The summed E-state index contributed by atoms with van der Waals surface area (Å²) in [6.45, 7) is 5.86. The molecule has 0 fully saturated rings. The average molecular weight is 248 g/mol. The molecule has 1 aliphatic heterocycles. The van der Waals surface area contributed by atoms with Gasteiger partial charge in [0.15, 0.2) is 0 Å². The zero-order valence-corrected chi connectivity index (χ0v) is 11.3. The van der Waals surface area contributed by atoms with Crippen molar-refractivity contribution in [2.24, 2.45) is 5.73 Å². The van der Waals surface area contributed by atoms with E-state index in [4.69, 9.17) is 10.5 Å². The molecule has 1 atom stereocenters. The number of ether oxygens (including phenoxy) is 1. The van der Waals surface area contributed by atoms with Gasteiger partial charge in [-0.3, -0.25) is 4.90 Å². The third kappa shape index (κ3) is 3.72. The van der Waals surface area contributed by atoms with Gasteiger partial charge in [0.25, 0.3) is 0 Å². The first kappa shape index (κ1) is 13.4. The highest BCUT2D eigenvalue weighted by Gasteiger charge is 2.16. The topological polar surface area (TPSA) is 38.5 Å². The average Bonchev–Trinajstić information content (AvgIpc) is 2.57. The van der Waals surface area contributed by atoms with Crippen molar-refractivity contribution in [3.8, 4) is 5.75 Å². The first-order valence-electron chi connectivity index (χ1n) is 6.98.